The standard InChI is InChI=1S/C16H12ClN3O2/c1-22-16(21)11-5-3-9-18-15(11)20-13-8-7-10-4-2-6-12(17)14(10)19-13/h2-9H,1H3,(H,18,19,20). The highest BCUT2D eigenvalue weighted by molar-refractivity contribution is 6.35. The zero-order valence-electron chi connectivity index (χ0n) is 11.7. The number of rotatable bonds is 3. The Balaban J connectivity index is 2.00. The van der Waals surface area contributed by atoms with Crippen LogP contribution in [0, 0.1) is 0 Å². The number of halogens is 1. The molecule has 5 nitrogen and oxygen atoms in total. The van der Waals surface area contributed by atoms with Crippen molar-refractivity contribution in [2.75, 3.05) is 12.4 Å². The van der Waals surface area contributed by atoms with E-state index in [4.69, 9.17) is 16.3 Å². The molecule has 22 heavy (non-hydrogen) atoms. The van der Waals surface area contributed by atoms with Crippen LogP contribution in [0.15, 0.2) is 48.7 Å². The van der Waals surface area contributed by atoms with Gasteiger partial charge in [0, 0.05) is 11.6 Å². The van der Waals surface area contributed by atoms with Crippen LogP contribution < -0.4 is 5.32 Å². The highest BCUT2D eigenvalue weighted by Gasteiger charge is 2.13. The highest BCUT2D eigenvalue weighted by atomic mass is 35.5. The van der Waals surface area contributed by atoms with Gasteiger partial charge in [-0.2, -0.15) is 0 Å². The fourth-order valence-corrected chi connectivity index (χ4v) is 2.31. The Morgan fingerprint density at radius 3 is 2.86 bits per heavy atom. The number of nitrogens with zero attached hydrogens (tertiary/aromatic N) is 2. The summed E-state index contributed by atoms with van der Waals surface area (Å²) in [6.45, 7) is 0. The van der Waals surface area contributed by atoms with Gasteiger partial charge in [-0.3, -0.25) is 0 Å². The van der Waals surface area contributed by atoms with E-state index >= 15 is 0 Å². The van der Waals surface area contributed by atoms with E-state index in [9.17, 15) is 4.79 Å². The van der Waals surface area contributed by atoms with Crippen molar-refractivity contribution in [2.24, 2.45) is 0 Å². The molecule has 0 atom stereocenters. The first kappa shape index (κ1) is 14.3. The molecule has 0 fully saturated rings. The van der Waals surface area contributed by atoms with Crippen LogP contribution in [0.25, 0.3) is 10.9 Å². The number of fused-ring (bicyclic) bond motifs is 1. The fourth-order valence-electron chi connectivity index (χ4n) is 2.08. The Morgan fingerprint density at radius 1 is 1.18 bits per heavy atom. The fraction of sp³-hybridized carbons (Fsp3) is 0.0625. The van der Waals surface area contributed by atoms with Crippen LogP contribution in [-0.2, 0) is 4.74 Å². The van der Waals surface area contributed by atoms with Gasteiger partial charge < -0.3 is 10.1 Å². The number of carbonyl (C=O) groups excluding carboxylic acids is 1. The van der Waals surface area contributed by atoms with Crippen molar-refractivity contribution < 1.29 is 9.53 Å². The lowest BCUT2D eigenvalue weighted by atomic mass is 10.2. The second-order valence-electron chi connectivity index (χ2n) is 4.52. The molecule has 3 aromatic rings. The molecule has 0 saturated heterocycles. The van der Waals surface area contributed by atoms with Gasteiger partial charge in [0.25, 0.3) is 0 Å². The minimum Gasteiger partial charge on any atom is -0.465 e. The van der Waals surface area contributed by atoms with Crippen LogP contribution in [0.3, 0.4) is 0 Å². The van der Waals surface area contributed by atoms with E-state index in [0.717, 1.165) is 5.39 Å². The third-order valence-corrected chi connectivity index (χ3v) is 3.44. The number of hydrogen-bond acceptors (Lipinski definition) is 5. The van der Waals surface area contributed by atoms with Crippen LogP contribution in [-0.4, -0.2) is 23.0 Å². The number of nitrogens with one attached hydrogen (secondary N) is 1. The maximum absolute atomic E-state index is 11.7. The number of benzene rings is 1. The molecule has 0 saturated carbocycles. The van der Waals surface area contributed by atoms with Crippen molar-refractivity contribution in [3.8, 4) is 0 Å². The van der Waals surface area contributed by atoms with Gasteiger partial charge >= 0.3 is 5.97 Å². The molecule has 1 N–H and O–H groups in total. The molecule has 2 heterocycles. The van der Waals surface area contributed by atoms with Gasteiger partial charge in [-0.1, -0.05) is 23.7 Å². The Morgan fingerprint density at radius 2 is 2.05 bits per heavy atom. The summed E-state index contributed by atoms with van der Waals surface area (Å²) in [5.41, 5.74) is 1.02. The molecule has 0 unspecified atom stereocenters. The first-order valence-electron chi connectivity index (χ1n) is 6.54. The Labute approximate surface area is 131 Å². The van der Waals surface area contributed by atoms with Crippen LogP contribution in [0.1, 0.15) is 10.4 Å². The number of para-hydroxylation sites is 1. The average molecular weight is 314 g/mol. The summed E-state index contributed by atoms with van der Waals surface area (Å²) in [6.07, 6.45) is 1.59. The summed E-state index contributed by atoms with van der Waals surface area (Å²) < 4.78 is 4.74. The van der Waals surface area contributed by atoms with E-state index < -0.39 is 5.97 Å². The van der Waals surface area contributed by atoms with E-state index in [2.05, 4.69) is 15.3 Å². The molecule has 0 spiro atoms. The van der Waals surface area contributed by atoms with Gasteiger partial charge in [0.05, 0.1) is 17.6 Å². The molecule has 2 aromatic heterocycles. The third kappa shape index (κ3) is 2.71. The van der Waals surface area contributed by atoms with Crippen molar-refractivity contribution in [3.63, 3.8) is 0 Å². The maximum Gasteiger partial charge on any atom is 0.341 e. The van der Waals surface area contributed by atoms with Crippen molar-refractivity contribution in [3.05, 3.63) is 59.2 Å². The summed E-state index contributed by atoms with van der Waals surface area (Å²) in [5.74, 6) is 0.465. The Bertz CT molecular complexity index is 852. The van der Waals surface area contributed by atoms with E-state index in [1.54, 1.807) is 30.5 Å². The molecule has 0 amide bonds. The lowest BCUT2D eigenvalue weighted by Gasteiger charge is -2.09. The zero-order chi connectivity index (χ0) is 15.5. The number of pyridine rings is 2. The predicted octanol–water partition coefficient (Wildman–Crippen LogP) is 3.81. The first-order chi connectivity index (χ1) is 10.7. The lowest BCUT2D eigenvalue weighted by Crippen LogP contribution is -2.07. The van der Waals surface area contributed by atoms with E-state index in [1.807, 2.05) is 18.2 Å². The van der Waals surface area contributed by atoms with Gasteiger partial charge in [0.1, 0.15) is 17.2 Å². The normalized spacial score (nSPS) is 10.5. The van der Waals surface area contributed by atoms with Crippen LogP contribution in [0.2, 0.25) is 5.02 Å². The predicted molar refractivity (Wildman–Crippen MR) is 85.6 cm³/mol. The number of anilines is 2. The van der Waals surface area contributed by atoms with Gasteiger partial charge in [-0.25, -0.2) is 14.8 Å². The van der Waals surface area contributed by atoms with E-state index in [-0.39, 0.29) is 0 Å². The number of esters is 1. The van der Waals surface area contributed by atoms with E-state index in [1.165, 1.54) is 7.11 Å². The maximum atomic E-state index is 11.7. The van der Waals surface area contributed by atoms with Crippen LogP contribution in [0.5, 0.6) is 0 Å². The lowest BCUT2D eigenvalue weighted by molar-refractivity contribution is 0.0601. The number of hydrogen-bond donors (Lipinski definition) is 1. The monoisotopic (exact) mass is 313 g/mol. The topological polar surface area (TPSA) is 64.1 Å². The van der Waals surface area contributed by atoms with Crippen LogP contribution >= 0.6 is 11.6 Å². The number of ether oxygens (including phenoxy) is 1. The van der Waals surface area contributed by atoms with Crippen molar-refractivity contribution in [1.29, 1.82) is 0 Å². The number of aromatic nitrogens is 2. The molecule has 0 aliphatic rings. The molecule has 0 radical (unpaired) electrons. The zero-order valence-corrected chi connectivity index (χ0v) is 12.5. The summed E-state index contributed by atoms with van der Waals surface area (Å²) in [4.78, 5) is 20.4. The van der Waals surface area contributed by atoms with Crippen molar-refractivity contribution >= 4 is 40.1 Å². The van der Waals surface area contributed by atoms with Gasteiger partial charge in [0.15, 0.2) is 0 Å². The van der Waals surface area contributed by atoms with Crippen molar-refractivity contribution in [1.82, 2.24) is 9.97 Å². The van der Waals surface area contributed by atoms with Crippen LogP contribution in [0.4, 0.5) is 11.6 Å². The summed E-state index contributed by atoms with van der Waals surface area (Å²) in [6, 6.07) is 12.6. The molecule has 6 heteroatoms. The molecule has 0 aliphatic carbocycles. The SMILES string of the molecule is COC(=O)c1cccnc1Nc1ccc2cccc(Cl)c2n1. The first-order valence-corrected chi connectivity index (χ1v) is 6.92. The van der Waals surface area contributed by atoms with E-state index in [0.29, 0.717) is 27.7 Å². The smallest absolute Gasteiger partial charge is 0.341 e. The third-order valence-electron chi connectivity index (χ3n) is 3.13. The highest BCUT2D eigenvalue weighted by Crippen LogP contribution is 2.25. The van der Waals surface area contributed by atoms with Crippen molar-refractivity contribution in [2.45, 2.75) is 0 Å². The largest absolute Gasteiger partial charge is 0.465 e. The molecule has 0 bridgehead atoms. The molecular formula is C16H12ClN3O2. The summed E-state index contributed by atoms with van der Waals surface area (Å²) >= 11 is 6.16. The number of carbonyl (C=O) groups is 1. The van der Waals surface area contributed by atoms with Gasteiger partial charge in [0.2, 0.25) is 0 Å². The summed E-state index contributed by atoms with van der Waals surface area (Å²) in [5, 5.41) is 4.53. The quantitative estimate of drug-likeness (QED) is 0.745. The molecule has 3 rings (SSSR count). The Kier molecular flexibility index (Phi) is 3.89. The average Bonchev–Trinajstić information content (AvgIpc) is 2.55. The van der Waals surface area contributed by atoms with Gasteiger partial charge in [-0.15, -0.1) is 0 Å². The molecule has 1 aromatic carbocycles. The molecular weight excluding hydrogens is 302 g/mol. The van der Waals surface area contributed by atoms with Gasteiger partial charge in [-0.05, 0) is 30.3 Å². The minimum absolute atomic E-state index is 0.339. The molecule has 0 aliphatic heterocycles. The summed E-state index contributed by atoms with van der Waals surface area (Å²) in [7, 11) is 1.33. The minimum atomic E-state index is -0.463. The molecule has 110 valence electrons. The number of methoxy groups -OCH3 is 1. The Hall–Kier alpha value is -2.66. The second kappa shape index (κ2) is 5.99. The second-order valence-corrected chi connectivity index (χ2v) is 4.93.